The quantitative estimate of drug-likeness (QED) is 0.883. The standard InChI is InChI=1S/C16H22N4S/c1-2-17-16-19-14-6-4-3-5-13(14)15(20-16)18-11-12-7-9-21-10-8-12/h3-6,12H,2,7-11H2,1H3,(H2,17,18,19,20). The third-order valence-corrected chi connectivity index (χ3v) is 4.89. The van der Waals surface area contributed by atoms with Crippen LogP contribution in [0.2, 0.25) is 0 Å². The van der Waals surface area contributed by atoms with E-state index in [1.54, 1.807) is 0 Å². The van der Waals surface area contributed by atoms with Crippen LogP contribution in [0.5, 0.6) is 0 Å². The van der Waals surface area contributed by atoms with Crippen molar-refractivity contribution in [3.63, 3.8) is 0 Å². The fraction of sp³-hybridized carbons (Fsp3) is 0.500. The molecular weight excluding hydrogens is 280 g/mol. The Morgan fingerprint density at radius 3 is 2.76 bits per heavy atom. The molecule has 2 N–H and O–H groups in total. The number of anilines is 2. The van der Waals surface area contributed by atoms with Crippen molar-refractivity contribution in [1.82, 2.24) is 9.97 Å². The minimum atomic E-state index is 0.706. The van der Waals surface area contributed by atoms with Gasteiger partial charge in [-0.2, -0.15) is 16.7 Å². The first-order valence-corrected chi connectivity index (χ1v) is 8.84. The van der Waals surface area contributed by atoms with Crippen LogP contribution in [-0.4, -0.2) is 34.6 Å². The van der Waals surface area contributed by atoms with Gasteiger partial charge < -0.3 is 10.6 Å². The molecule has 1 saturated heterocycles. The summed E-state index contributed by atoms with van der Waals surface area (Å²) in [4.78, 5) is 9.19. The Bertz CT molecular complexity index is 596. The molecule has 0 unspecified atom stereocenters. The molecular formula is C16H22N4S. The van der Waals surface area contributed by atoms with Crippen molar-refractivity contribution >= 4 is 34.4 Å². The van der Waals surface area contributed by atoms with Gasteiger partial charge in [0.2, 0.25) is 5.95 Å². The lowest BCUT2D eigenvalue weighted by atomic mass is 10.0. The van der Waals surface area contributed by atoms with E-state index in [4.69, 9.17) is 0 Å². The monoisotopic (exact) mass is 302 g/mol. The molecule has 21 heavy (non-hydrogen) atoms. The molecule has 4 nitrogen and oxygen atoms in total. The summed E-state index contributed by atoms with van der Waals surface area (Å²) >= 11 is 2.07. The molecule has 0 bridgehead atoms. The number of nitrogens with zero attached hydrogens (tertiary/aromatic N) is 2. The van der Waals surface area contributed by atoms with Crippen LogP contribution in [0.1, 0.15) is 19.8 Å². The summed E-state index contributed by atoms with van der Waals surface area (Å²) in [5.41, 5.74) is 0.991. The predicted molar refractivity (Wildman–Crippen MR) is 92.2 cm³/mol. The Balaban J connectivity index is 1.81. The van der Waals surface area contributed by atoms with E-state index in [0.717, 1.165) is 35.7 Å². The maximum atomic E-state index is 4.64. The Morgan fingerprint density at radius 2 is 1.95 bits per heavy atom. The highest BCUT2D eigenvalue weighted by atomic mass is 32.2. The molecule has 0 atom stereocenters. The van der Waals surface area contributed by atoms with Crippen LogP contribution in [0.25, 0.3) is 10.9 Å². The minimum Gasteiger partial charge on any atom is -0.369 e. The molecule has 1 aliphatic rings. The van der Waals surface area contributed by atoms with Crippen molar-refractivity contribution in [2.24, 2.45) is 5.92 Å². The zero-order valence-electron chi connectivity index (χ0n) is 12.4. The van der Waals surface area contributed by atoms with Gasteiger partial charge >= 0.3 is 0 Å². The van der Waals surface area contributed by atoms with Gasteiger partial charge in [-0.25, -0.2) is 4.98 Å². The molecule has 1 fully saturated rings. The van der Waals surface area contributed by atoms with Crippen molar-refractivity contribution in [2.75, 3.05) is 35.2 Å². The Morgan fingerprint density at radius 1 is 1.14 bits per heavy atom. The van der Waals surface area contributed by atoms with Crippen molar-refractivity contribution in [3.05, 3.63) is 24.3 Å². The van der Waals surface area contributed by atoms with Crippen LogP contribution in [0, 0.1) is 5.92 Å². The highest BCUT2D eigenvalue weighted by molar-refractivity contribution is 7.99. The second kappa shape index (κ2) is 6.98. The average Bonchev–Trinajstić information content (AvgIpc) is 2.54. The first kappa shape index (κ1) is 14.4. The normalized spacial score (nSPS) is 16.0. The van der Waals surface area contributed by atoms with Gasteiger partial charge in [-0.1, -0.05) is 12.1 Å². The Hall–Kier alpha value is -1.49. The van der Waals surface area contributed by atoms with E-state index in [2.05, 4.69) is 45.4 Å². The first-order valence-electron chi connectivity index (χ1n) is 7.69. The molecule has 0 saturated carbocycles. The Kier molecular flexibility index (Phi) is 4.80. The van der Waals surface area contributed by atoms with Crippen molar-refractivity contribution < 1.29 is 0 Å². The molecule has 2 heterocycles. The number of para-hydroxylation sites is 1. The van der Waals surface area contributed by atoms with Gasteiger partial charge in [0.25, 0.3) is 0 Å². The molecule has 0 spiro atoms. The number of hydrogen-bond acceptors (Lipinski definition) is 5. The third kappa shape index (κ3) is 3.59. The second-order valence-electron chi connectivity index (χ2n) is 5.38. The summed E-state index contributed by atoms with van der Waals surface area (Å²) in [7, 11) is 0. The molecule has 1 aromatic carbocycles. The highest BCUT2D eigenvalue weighted by Crippen LogP contribution is 2.25. The van der Waals surface area contributed by atoms with E-state index >= 15 is 0 Å². The summed E-state index contributed by atoms with van der Waals surface area (Å²) in [6.45, 7) is 3.90. The average molecular weight is 302 g/mol. The fourth-order valence-electron chi connectivity index (χ4n) is 2.64. The molecule has 0 radical (unpaired) electrons. The maximum absolute atomic E-state index is 4.64. The number of nitrogens with one attached hydrogen (secondary N) is 2. The molecule has 2 aromatic rings. The predicted octanol–water partition coefficient (Wildman–Crippen LogP) is 3.62. The van der Waals surface area contributed by atoms with Gasteiger partial charge in [0, 0.05) is 18.5 Å². The molecule has 0 amide bonds. The highest BCUT2D eigenvalue weighted by Gasteiger charge is 2.14. The van der Waals surface area contributed by atoms with E-state index in [0.29, 0.717) is 5.95 Å². The SMILES string of the molecule is CCNc1nc(NCC2CCSCC2)c2ccccc2n1. The van der Waals surface area contributed by atoms with E-state index < -0.39 is 0 Å². The zero-order valence-corrected chi connectivity index (χ0v) is 13.2. The largest absolute Gasteiger partial charge is 0.369 e. The van der Waals surface area contributed by atoms with Crippen LogP contribution in [-0.2, 0) is 0 Å². The van der Waals surface area contributed by atoms with E-state index in [-0.39, 0.29) is 0 Å². The molecule has 5 heteroatoms. The topological polar surface area (TPSA) is 49.8 Å². The van der Waals surface area contributed by atoms with Gasteiger partial charge in [0.15, 0.2) is 0 Å². The lowest BCUT2D eigenvalue weighted by Gasteiger charge is -2.22. The van der Waals surface area contributed by atoms with Crippen LogP contribution in [0.3, 0.4) is 0 Å². The van der Waals surface area contributed by atoms with E-state index in [1.807, 2.05) is 18.2 Å². The number of aromatic nitrogens is 2. The molecule has 1 aromatic heterocycles. The van der Waals surface area contributed by atoms with Crippen molar-refractivity contribution in [1.29, 1.82) is 0 Å². The minimum absolute atomic E-state index is 0.706. The summed E-state index contributed by atoms with van der Waals surface area (Å²) in [6.07, 6.45) is 2.61. The molecule has 112 valence electrons. The van der Waals surface area contributed by atoms with Crippen LogP contribution in [0.15, 0.2) is 24.3 Å². The number of rotatable bonds is 5. The maximum Gasteiger partial charge on any atom is 0.225 e. The summed E-state index contributed by atoms with van der Waals surface area (Å²) < 4.78 is 0. The molecule has 0 aliphatic carbocycles. The van der Waals surface area contributed by atoms with E-state index in [1.165, 1.54) is 24.3 Å². The van der Waals surface area contributed by atoms with Gasteiger partial charge in [-0.15, -0.1) is 0 Å². The molecule has 3 rings (SSSR count). The van der Waals surface area contributed by atoms with Gasteiger partial charge in [-0.3, -0.25) is 0 Å². The fourth-order valence-corrected chi connectivity index (χ4v) is 3.84. The van der Waals surface area contributed by atoms with Gasteiger partial charge in [0.1, 0.15) is 5.82 Å². The lowest BCUT2D eigenvalue weighted by Crippen LogP contribution is -2.20. The van der Waals surface area contributed by atoms with E-state index in [9.17, 15) is 0 Å². The van der Waals surface area contributed by atoms with Crippen LogP contribution >= 0.6 is 11.8 Å². The van der Waals surface area contributed by atoms with Crippen LogP contribution in [0.4, 0.5) is 11.8 Å². The van der Waals surface area contributed by atoms with Crippen molar-refractivity contribution in [2.45, 2.75) is 19.8 Å². The second-order valence-corrected chi connectivity index (χ2v) is 6.60. The number of thioether (sulfide) groups is 1. The number of hydrogen-bond donors (Lipinski definition) is 2. The van der Waals surface area contributed by atoms with Crippen molar-refractivity contribution in [3.8, 4) is 0 Å². The Labute approximate surface area is 130 Å². The van der Waals surface area contributed by atoms with Crippen LogP contribution < -0.4 is 10.6 Å². The lowest BCUT2D eigenvalue weighted by molar-refractivity contribution is 0.516. The van der Waals surface area contributed by atoms with Gasteiger partial charge in [0.05, 0.1) is 5.52 Å². The smallest absolute Gasteiger partial charge is 0.225 e. The third-order valence-electron chi connectivity index (χ3n) is 3.84. The molecule has 1 aliphatic heterocycles. The summed E-state index contributed by atoms with van der Waals surface area (Å²) in [6, 6.07) is 8.19. The van der Waals surface area contributed by atoms with Gasteiger partial charge in [-0.05, 0) is 49.3 Å². The zero-order chi connectivity index (χ0) is 14.5. The number of benzene rings is 1. The summed E-state index contributed by atoms with van der Waals surface area (Å²) in [5.74, 6) is 5.01. The number of fused-ring (bicyclic) bond motifs is 1. The first-order chi connectivity index (χ1) is 10.4. The summed E-state index contributed by atoms with van der Waals surface area (Å²) in [5, 5.41) is 7.87.